The predicted octanol–water partition coefficient (Wildman–Crippen LogP) is 3.38. The molecule has 1 unspecified atom stereocenters. The molecule has 0 heterocycles. The van der Waals surface area contributed by atoms with E-state index in [1.165, 1.54) is 12.8 Å². The molecular weight excluding hydrogens is 252 g/mol. The van der Waals surface area contributed by atoms with Crippen LogP contribution in [0.4, 0.5) is 0 Å². The number of hydrogen-bond donors (Lipinski definition) is 1. The van der Waals surface area contributed by atoms with Crippen LogP contribution in [0.2, 0.25) is 0 Å². The monoisotopic (exact) mass is 274 g/mol. The van der Waals surface area contributed by atoms with Crippen molar-refractivity contribution in [3.8, 4) is 5.75 Å². The number of carbonyl (C=O) groups excluding carboxylic acids is 1. The van der Waals surface area contributed by atoms with E-state index in [0.29, 0.717) is 18.1 Å². The van der Waals surface area contributed by atoms with Gasteiger partial charge in [0.25, 0.3) is 5.91 Å². The first-order valence-electron chi connectivity index (χ1n) is 7.30. The molecule has 1 atom stereocenters. The lowest BCUT2D eigenvalue weighted by Crippen LogP contribution is -2.24. The van der Waals surface area contributed by atoms with Crippen LogP contribution < -0.4 is 10.2 Å². The zero-order chi connectivity index (χ0) is 14.4. The fourth-order valence-electron chi connectivity index (χ4n) is 2.39. The molecular formula is C16H22N2O2. The highest BCUT2D eigenvalue weighted by Crippen LogP contribution is 2.20. The van der Waals surface area contributed by atoms with Gasteiger partial charge in [-0.15, -0.1) is 0 Å². The Kier molecular flexibility index (Phi) is 5.16. The molecule has 2 rings (SSSR count). The minimum absolute atomic E-state index is 0.168. The summed E-state index contributed by atoms with van der Waals surface area (Å²) in [6.07, 6.45) is 4.58. The minimum atomic E-state index is -0.168. The number of rotatable bonds is 4. The van der Waals surface area contributed by atoms with Gasteiger partial charge >= 0.3 is 0 Å². The lowest BCUT2D eigenvalue weighted by atomic mass is 9.89. The average molecular weight is 274 g/mol. The Bertz CT molecular complexity index is 480. The first kappa shape index (κ1) is 14.6. The molecule has 1 aliphatic rings. The molecule has 0 bridgehead atoms. The molecule has 0 saturated heterocycles. The fourth-order valence-corrected chi connectivity index (χ4v) is 2.39. The smallest absolute Gasteiger partial charge is 0.271 e. The number of nitrogens with zero attached hydrogens (tertiary/aromatic N) is 1. The molecule has 1 amide bonds. The summed E-state index contributed by atoms with van der Waals surface area (Å²) in [6.45, 7) is 4.72. The molecule has 1 aromatic rings. The summed E-state index contributed by atoms with van der Waals surface area (Å²) in [7, 11) is 0. The Morgan fingerprint density at radius 2 is 2.10 bits per heavy atom. The SMILES string of the molecule is CCOc1ccc(C(=O)N/N=C2\CCCCC2C)cc1. The van der Waals surface area contributed by atoms with Crippen LogP contribution in [0, 0.1) is 5.92 Å². The summed E-state index contributed by atoms with van der Waals surface area (Å²) >= 11 is 0. The van der Waals surface area contributed by atoms with Crippen LogP contribution in [0.15, 0.2) is 29.4 Å². The van der Waals surface area contributed by atoms with Gasteiger partial charge in [0.15, 0.2) is 0 Å². The molecule has 0 aliphatic heterocycles. The summed E-state index contributed by atoms with van der Waals surface area (Å²) in [4.78, 5) is 12.0. The van der Waals surface area contributed by atoms with Crippen molar-refractivity contribution in [2.75, 3.05) is 6.61 Å². The number of hydrazone groups is 1. The standard InChI is InChI=1S/C16H22N2O2/c1-3-20-14-10-8-13(9-11-14)16(19)18-17-15-7-5-4-6-12(15)2/h8-12H,3-7H2,1-2H3,(H,18,19)/b17-15+. The first-order valence-corrected chi connectivity index (χ1v) is 7.30. The number of benzene rings is 1. The van der Waals surface area contributed by atoms with E-state index < -0.39 is 0 Å². The molecule has 1 aromatic carbocycles. The Hall–Kier alpha value is -1.84. The number of nitrogens with one attached hydrogen (secondary N) is 1. The van der Waals surface area contributed by atoms with E-state index in [4.69, 9.17) is 4.74 Å². The van der Waals surface area contributed by atoms with E-state index in [1.807, 2.05) is 6.92 Å². The normalized spacial score (nSPS) is 20.7. The highest BCUT2D eigenvalue weighted by Gasteiger charge is 2.16. The van der Waals surface area contributed by atoms with Gasteiger partial charge in [-0.3, -0.25) is 4.79 Å². The molecule has 20 heavy (non-hydrogen) atoms. The van der Waals surface area contributed by atoms with Crippen molar-refractivity contribution in [2.24, 2.45) is 11.0 Å². The molecule has 0 radical (unpaired) electrons. The minimum Gasteiger partial charge on any atom is -0.494 e. The second-order valence-electron chi connectivity index (χ2n) is 5.15. The van der Waals surface area contributed by atoms with Gasteiger partial charge in [-0.05, 0) is 56.4 Å². The van der Waals surface area contributed by atoms with Crippen molar-refractivity contribution in [1.29, 1.82) is 0 Å². The number of ether oxygens (including phenoxy) is 1. The second kappa shape index (κ2) is 7.08. The van der Waals surface area contributed by atoms with Crippen LogP contribution in [0.3, 0.4) is 0 Å². The van der Waals surface area contributed by atoms with E-state index in [9.17, 15) is 4.79 Å². The van der Waals surface area contributed by atoms with Gasteiger partial charge in [0.2, 0.25) is 0 Å². The Morgan fingerprint density at radius 1 is 1.35 bits per heavy atom. The van der Waals surface area contributed by atoms with Crippen molar-refractivity contribution in [3.05, 3.63) is 29.8 Å². The van der Waals surface area contributed by atoms with E-state index in [0.717, 1.165) is 24.3 Å². The van der Waals surface area contributed by atoms with Crippen molar-refractivity contribution in [1.82, 2.24) is 5.43 Å². The zero-order valence-corrected chi connectivity index (χ0v) is 12.2. The lowest BCUT2D eigenvalue weighted by Gasteiger charge is -2.19. The third kappa shape index (κ3) is 3.83. The highest BCUT2D eigenvalue weighted by atomic mass is 16.5. The van der Waals surface area contributed by atoms with Crippen molar-refractivity contribution >= 4 is 11.6 Å². The maximum atomic E-state index is 12.0. The van der Waals surface area contributed by atoms with Crippen LogP contribution in [-0.2, 0) is 0 Å². The van der Waals surface area contributed by atoms with Gasteiger partial charge in [-0.2, -0.15) is 5.10 Å². The summed E-state index contributed by atoms with van der Waals surface area (Å²) in [5.74, 6) is 1.08. The molecule has 1 saturated carbocycles. The number of carbonyl (C=O) groups is 1. The van der Waals surface area contributed by atoms with Gasteiger partial charge in [0.05, 0.1) is 6.61 Å². The molecule has 0 aromatic heterocycles. The molecule has 108 valence electrons. The summed E-state index contributed by atoms with van der Waals surface area (Å²) in [5.41, 5.74) is 4.36. The van der Waals surface area contributed by atoms with Crippen LogP contribution >= 0.6 is 0 Å². The Balaban J connectivity index is 1.95. The summed E-state index contributed by atoms with van der Waals surface area (Å²) < 4.78 is 5.35. The van der Waals surface area contributed by atoms with Gasteiger partial charge < -0.3 is 4.74 Å². The van der Waals surface area contributed by atoms with Crippen molar-refractivity contribution in [3.63, 3.8) is 0 Å². The molecule has 0 spiro atoms. The second-order valence-corrected chi connectivity index (χ2v) is 5.15. The fraction of sp³-hybridized carbons (Fsp3) is 0.500. The Labute approximate surface area is 120 Å². The molecule has 4 heteroatoms. The molecule has 1 fully saturated rings. The Morgan fingerprint density at radius 3 is 2.75 bits per heavy atom. The molecule has 4 nitrogen and oxygen atoms in total. The first-order chi connectivity index (χ1) is 9.70. The number of amides is 1. The van der Waals surface area contributed by atoms with Crippen molar-refractivity contribution < 1.29 is 9.53 Å². The average Bonchev–Trinajstić information content (AvgIpc) is 2.47. The van der Waals surface area contributed by atoms with Gasteiger partial charge in [0.1, 0.15) is 5.75 Å². The van der Waals surface area contributed by atoms with Crippen LogP contribution in [-0.4, -0.2) is 18.2 Å². The van der Waals surface area contributed by atoms with E-state index in [2.05, 4.69) is 17.5 Å². The predicted molar refractivity (Wildman–Crippen MR) is 80.1 cm³/mol. The van der Waals surface area contributed by atoms with Crippen LogP contribution in [0.5, 0.6) is 5.75 Å². The van der Waals surface area contributed by atoms with Gasteiger partial charge in [0, 0.05) is 11.3 Å². The summed E-state index contributed by atoms with van der Waals surface area (Å²) in [6, 6.07) is 7.11. The molecule has 1 aliphatic carbocycles. The zero-order valence-electron chi connectivity index (χ0n) is 12.2. The third-order valence-corrected chi connectivity index (χ3v) is 3.62. The topological polar surface area (TPSA) is 50.7 Å². The maximum Gasteiger partial charge on any atom is 0.271 e. The highest BCUT2D eigenvalue weighted by molar-refractivity contribution is 5.96. The van der Waals surface area contributed by atoms with Crippen molar-refractivity contribution in [2.45, 2.75) is 39.5 Å². The third-order valence-electron chi connectivity index (χ3n) is 3.62. The van der Waals surface area contributed by atoms with Crippen LogP contribution in [0.1, 0.15) is 49.9 Å². The quantitative estimate of drug-likeness (QED) is 0.856. The van der Waals surface area contributed by atoms with Gasteiger partial charge in [-0.1, -0.05) is 13.3 Å². The van der Waals surface area contributed by atoms with Gasteiger partial charge in [-0.25, -0.2) is 5.43 Å². The summed E-state index contributed by atoms with van der Waals surface area (Å²) in [5, 5.41) is 4.29. The lowest BCUT2D eigenvalue weighted by molar-refractivity contribution is 0.0954. The van der Waals surface area contributed by atoms with E-state index >= 15 is 0 Å². The maximum absolute atomic E-state index is 12.0. The van der Waals surface area contributed by atoms with E-state index in [1.54, 1.807) is 24.3 Å². The number of hydrogen-bond acceptors (Lipinski definition) is 3. The van der Waals surface area contributed by atoms with Crippen LogP contribution in [0.25, 0.3) is 0 Å². The van der Waals surface area contributed by atoms with E-state index in [-0.39, 0.29) is 5.91 Å². The molecule has 1 N–H and O–H groups in total. The largest absolute Gasteiger partial charge is 0.494 e.